The summed E-state index contributed by atoms with van der Waals surface area (Å²) in [5.74, 6) is 1.42. The van der Waals surface area contributed by atoms with Gasteiger partial charge in [-0.25, -0.2) is 0 Å². The van der Waals surface area contributed by atoms with E-state index in [0.717, 1.165) is 23.5 Å². The minimum Gasteiger partial charge on any atom is -0.491 e. The highest BCUT2D eigenvalue weighted by Crippen LogP contribution is 2.14. The van der Waals surface area contributed by atoms with Gasteiger partial charge in [-0.15, -0.1) is 0 Å². The number of carbonyl (C=O) groups excluding carboxylic acids is 1. The Morgan fingerprint density at radius 2 is 1.79 bits per heavy atom. The zero-order valence-corrected chi connectivity index (χ0v) is 14.5. The van der Waals surface area contributed by atoms with Crippen molar-refractivity contribution in [1.82, 2.24) is 5.32 Å². The highest BCUT2D eigenvalue weighted by molar-refractivity contribution is 5.77. The fourth-order valence-corrected chi connectivity index (χ4v) is 2.21. The smallest absolute Gasteiger partial charge is 0.258 e. The van der Waals surface area contributed by atoms with Crippen LogP contribution in [0.25, 0.3) is 0 Å². The van der Waals surface area contributed by atoms with Crippen LogP contribution in [0.5, 0.6) is 11.5 Å². The molecule has 0 aliphatic carbocycles. The largest absolute Gasteiger partial charge is 0.491 e. The summed E-state index contributed by atoms with van der Waals surface area (Å²) in [6.07, 6.45) is 1.10. The van der Waals surface area contributed by atoms with Gasteiger partial charge in [0.1, 0.15) is 11.5 Å². The molecule has 4 heteroatoms. The Balaban J connectivity index is 1.76. The topological polar surface area (TPSA) is 47.6 Å². The molecule has 0 unspecified atom stereocenters. The maximum Gasteiger partial charge on any atom is 0.258 e. The second-order valence-electron chi connectivity index (χ2n) is 5.88. The third-order valence-corrected chi connectivity index (χ3v) is 3.46. The predicted octanol–water partition coefficient (Wildman–Crippen LogP) is 3.73. The molecule has 2 aromatic rings. The van der Waals surface area contributed by atoms with Gasteiger partial charge in [0.05, 0.1) is 6.10 Å². The second-order valence-corrected chi connectivity index (χ2v) is 5.88. The number of hydrogen-bond acceptors (Lipinski definition) is 3. The highest BCUT2D eigenvalue weighted by atomic mass is 16.5. The van der Waals surface area contributed by atoms with Gasteiger partial charge >= 0.3 is 0 Å². The first kappa shape index (κ1) is 17.9. The number of nitrogens with one attached hydrogen (secondary N) is 1. The molecule has 0 saturated carbocycles. The maximum absolute atomic E-state index is 11.9. The summed E-state index contributed by atoms with van der Waals surface area (Å²) < 4.78 is 11.1. The van der Waals surface area contributed by atoms with Crippen LogP contribution < -0.4 is 14.8 Å². The van der Waals surface area contributed by atoms with Crippen molar-refractivity contribution in [1.29, 1.82) is 0 Å². The molecule has 0 heterocycles. The summed E-state index contributed by atoms with van der Waals surface area (Å²) in [5, 5.41) is 2.85. The first-order valence-corrected chi connectivity index (χ1v) is 8.31. The summed E-state index contributed by atoms with van der Waals surface area (Å²) in [7, 11) is 0. The van der Waals surface area contributed by atoms with Crippen LogP contribution in [0.15, 0.2) is 48.5 Å². The Morgan fingerprint density at radius 1 is 1.04 bits per heavy atom. The molecule has 1 N–H and O–H groups in total. The van der Waals surface area contributed by atoms with Gasteiger partial charge in [-0.05, 0) is 55.7 Å². The quantitative estimate of drug-likeness (QED) is 0.803. The van der Waals surface area contributed by atoms with E-state index in [1.54, 1.807) is 0 Å². The lowest BCUT2D eigenvalue weighted by atomic mass is 10.2. The van der Waals surface area contributed by atoms with E-state index < -0.39 is 0 Å². The zero-order valence-electron chi connectivity index (χ0n) is 14.5. The molecule has 2 rings (SSSR count). The Morgan fingerprint density at radius 3 is 2.46 bits per heavy atom. The third-order valence-electron chi connectivity index (χ3n) is 3.46. The standard InChI is InChI=1S/C20H25NO3/c1-4-16-6-5-7-19(12-16)23-14-20(22)21-13-17-8-10-18(11-9-17)24-15(2)3/h5-12,15H,4,13-14H2,1-3H3,(H,21,22). The normalized spacial score (nSPS) is 10.5. The van der Waals surface area contributed by atoms with E-state index in [0.29, 0.717) is 6.54 Å². The summed E-state index contributed by atoms with van der Waals surface area (Å²) in [5.41, 5.74) is 2.21. The molecular formula is C20H25NO3. The average molecular weight is 327 g/mol. The van der Waals surface area contributed by atoms with Crippen LogP contribution in [0, 0.1) is 0 Å². The molecule has 0 aliphatic heterocycles. The summed E-state index contributed by atoms with van der Waals surface area (Å²) in [6, 6.07) is 15.5. The number of benzene rings is 2. The lowest BCUT2D eigenvalue weighted by Gasteiger charge is -2.11. The molecule has 4 nitrogen and oxygen atoms in total. The van der Waals surface area contributed by atoms with Crippen LogP contribution in [0.3, 0.4) is 0 Å². The van der Waals surface area contributed by atoms with Crippen molar-refractivity contribution in [3.63, 3.8) is 0 Å². The van der Waals surface area contributed by atoms with Gasteiger partial charge in [0, 0.05) is 6.54 Å². The van der Waals surface area contributed by atoms with Crippen molar-refractivity contribution in [3.8, 4) is 11.5 Å². The van der Waals surface area contributed by atoms with Crippen LogP contribution in [-0.4, -0.2) is 18.6 Å². The average Bonchev–Trinajstić information content (AvgIpc) is 2.59. The zero-order chi connectivity index (χ0) is 17.4. The molecule has 0 spiro atoms. The number of amides is 1. The monoisotopic (exact) mass is 327 g/mol. The number of hydrogen-bond donors (Lipinski definition) is 1. The summed E-state index contributed by atoms with van der Waals surface area (Å²) in [4.78, 5) is 11.9. The van der Waals surface area contributed by atoms with E-state index in [9.17, 15) is 4.79 Å². The van der Waals surface area contributed by atoms with Crippen LogP contribution in [0.4, 0.5) is 0 Å². The van der Waals surface area contributed by atoms with E-state index in [2.05, 4.69) is 12.2 Å². The Labute approximate surface area is 143 Å². The maximum atomic E-state index is 11.9. The predicted molar refractivity (Wildman–Crippen MR) is 95.4 cm³/mol. The van der Waals surface area contributed by atoms with E-state index in [-0.39, 0.29) is 18.6 Å². The molecule has 0 aromatic heterocycles. The minimum atomic E-state index is -0.139. The van der Waals surface area contributed by atoms with Gasteiger partial charge in [-0.3, -0.25) is 4.79 Å². The first-order valence-electron chi connectivity index (χ1n) is 8.31. The van der Waals surface area contributed by atoms with Crippen molar-refractivity contribution in [3.05, 3.63) is 59.7 Å². The van der Waals surface area contributed by atoms with Gasteiger partial charge < -0.3 is 14.8 Å². The van der Waals surface area contributed by atoms with Gasteiger partial charge in [0.2, 0.25) is 0 Å². The number of aryl methyl sites for hydroxylation is 1. The van der Waals surface area contributed by atoms with Gasteiger partial charge in [-0.1, -0.05) is 31.2 Å². The molecule has 0 atom stereocenters. The molecule has 1 amide bonds. The van der Waals surface area contributed by atoms with Crippen LogP contribution in [0.2, 0.25) is 0 Å². The lowest BCUT2D eigenvalue weighted by Crippen LogP contribution is -2.28. The van der Waals surface area contributed by atoms with Gasteiger partial charge in [-0.2, -0.15) is 0 Å². The van der Waals surface area contributed by atoms with E-state index in [1.807, 2.05) is 62.4 Å². The molecule has 0 fully saturated rings. The van der Waals surface area contributed by atoms with Crippen LogP contribution in [0.1, 0.15) is 31.9 Å². The van der Waals surface area contributed by atoms with Crippen molar-refractivity contribution < 1.29 is 14.3 Å². The van der Waals surface area contributed by atoms with Gasteiger partial charge in [0.15, 0.2) is 6.61 Å². The molecule has 0 saturated heterocycles. The molecule has 0 radical (unpaired) electrons. The Bertz CT molecular complexity index is 650. The molecule has 24 heavy (non-hydrogen) atoms. The van der Waals surface area contributed by atoms with Crippen LogP contribution in [-0.2, 0) is 17.8 Å². The van der Waals surface area contributed by atoms with Crippen molar-refractivity contribution >= 4 is 5.91 Å². The highest BCUT2D eigenvalue weighted by Gasteiger charge is 2.04. The lowest BCUT2D eigenvalue weighted by molar-refractivity contribution is -0.123. The van der Waals surface area contributed by atoms with E-state index in [1.165, 1.54) is 5.56 Å². The minimum absolute atomic E-state index is 0.0156. The number of ether oxygens (including phenoxy) is 2. The van der Waals surface area contributed by atoms with Crippen molar-refractivity contribution in [2.45, 2.75) is 39.8 Å². The molecule has 2 aromatic carbocycles. The fraction of sp³-hybridized carbons (Fsp3) is 0.350. The van der Waals surface area contributed by atoms with E-state index >= 15 is 0 Å². The number of carbonyl (C=O) groups is 1. The number of rotatable bonds is 8. The van der Waals surface area contributed by atoms with Crippen LogP contribution >= 0.6 is 0 Å². The first-order chi connectivity index (χ1) is 11.6. The van der Waals surface area contributed by atoms with Gasteiger partial charge in [0.25, 0.3) is 5.91 Å². The SMILES string of the molecule is CCc1cccc(OCC(=O)NCc2ccc(OC(C)C)cc2)c1. The fourth-order valence-electron chi connectivity index (χ4n) is 2.21. The van der Waals surface area contributed by atoms with E-state index in [4.69, 9.17) is 9.47 Å². The summed E-state index contributed by atoms with van der Waals surface area (Å²) in [6.45, 7) is 6.55. The third kappa shape index (κ3) is 5.95. The molecular weight excluding hydrogens is 302 g/mol. The Hall–Kier alpha value is -2.49. The Kier molecular flexibility index (Phi) is 6.67. The summed E-state index contributed by atoms with van der Waals surface area (Å²) >= 11 is 0. The molecule has 0 bridgehead atoms. The van der Waals surface area contributed by atoms with Crippen molar-refractivity contribution in [2.75, 3.05) is 6.61 Å². The molecule has 0 aliphatic rings. The second kappa shape index (κ2) is 8.96. The molecule has 128 valence electrons. The van der Waals surface area contributed by atoms with Crippen molar-refractivity contribution in [2.24, 2.45) is 0 Å².